The summed E-state index contributed by atoms with van der Waals surface area (Å²) < 4.78 is 3.47. The van der Waals surface area contributed by atoms with Gasteiger partial charge >= 0.3 is 0 Å². The number of nitrogens with zero attached hydrogens (tertiary/aromatic N) is 7. The molecule has 0 saturated heterocycles. The number of anilines is 1. The second-order valence-electron chi connectivity index (χ2n) is 5.51. The highest BCUT2D eigenvalue weighted by Crippen LogP contribution is 2.26. The third kappa shape index (κ3) is 2.12. The van der Waals surface area contributed by atoms with Crippen LogP contribution < -0.4 is 10.2 Å². The van der Waals surface area contributed by atoms with Crippen LogP contribution >= 0.6 is 0 Å². The van der Waals surface area contributed by atoms with Gasteiger partial charge in [-0.2, -0.15) is 19.7 Å². The van der Waals surface area contributed by atoms with Gasteiger partial charge in [-0.25, -0.2) is 4.98 Å². The lowest BCUT2D eigenvalue weighted by molar-refractivity contribution is -0.124. The number of fused-ring (bicyclic) bond motifs is 2. The maximum atomic E-state index is 12.2. The van der Waals surface area contributed by atoms with Crippen molar-refractivity contribution in [1.29, 1.82) is 0 Å². The zero-order chi connectivity index (χ0) is 16.0. The summed E-state index contributed by atoms with van der Waals surface area (Å²) in [5.41, 5.74) is 1.84. The summed E-state index contributed by atoms with van der Waals surface area (Å²) in [6.07, 6.45) is 3.20. The number of amides is 1. The molecule has 1 N–H and O–H groups in total. The molecule has 118 valence electrons. The summed E-state index contributed by atoms with van der Waals surface area (Å²) in [7, 11) is 1.64. The zero-order valence-corrected chi connectivity index (χ0v) is 12.8. The first-order chi connectivity index (χ1) is 11.2. The second-order valence-corrected chi connectivity index (χ2v) is 5.51. The third-order valence-electron chi connectivity index (χ3n) is 4.03. The second kappa shape index (κ2) is 5.04. The van der Waals surface area contributed by atoms with Crippen LogP contribution in [-0.2, 0) is 11.3 Å². The van der Waals surface area contributed by atoms with Gasteiger partial charge in [0.15, 0.2) is 0 Å². The Hall–Kier alpha value is -2.97. The monoisotopic (exact) mass is 312 g/mol. The number of aryl methyl sites for hydroxylation is 1. The number of aromatic nitrogens is 6. The van der Waals surface area contributed by atoms with Gasteiger partial charge in [0.25, 0.3) is 5.78 Å². The van der Waals surface area contributed by atoms with Crippen molar-refractivity contribution >= 4 is 17.5 Å². The van der Waals surface area contributed by atoms with E-state index < -0.39 is 0 Å². The van der Waals surface area contributed by atoms with Gasteiger partial charge in [0.2, 0.25) is 5.91 Å². The summed E-state index contributed by atoms with van der Waals surface area (Å²) >= 11 is 0. The van der Waals surface area contributed by atoms with Gasteiger partial charge in [0, 0.05) is 25.0 Å². The van der Waals surface area contributed by atoms with Crippen LogP contribution in [0, 0.1) is 6.92 Å². The summed E-state index contributed by atoms with van der Waals surface area (Å²) in [6.45, 7) is 3.07. The molecule has 3 aromatic rings. The molecule has 0 bridgehead atoms. The lowest BCUT2D eigenvalue weighted by atomic mass is 10.1. The summed E-state index contributed by atoms with van der Waals surface area (Å²) in [5.74, 6) is 1.35. The van der Waals surface area contributed by atoms with E-state index in [1.54, 1.807) is 22.4 Å². The van der Waals surface area contributed by atoms with Crippen LogP contribution in [0.15, 0.2) is 24.7 Å². The lowest BCUT2D eigenvalue weighted by Gasteiger charge is -2.34. The molecule has 1 atom stereocenters. The Kier molecular flexibility index (Phi) is 3.00. The van der Waals surface area contributed by atoms with Gasteiger partial charge in [0.05, 0.1) is 18.8 Å². The predicted octanol–water partition coefficient (Wildman–Crippen LogP) is -0.0635. The number of carbonyl (C=O) groups excluding carboxylic acids is 1. The van der Waals surface area contributed by atoms with E-state index >= 15 is 0 Å². The van der Waals surface area contributed by atoms with Crippen LogP contribution in [0.25, 0.3) is 5.78 Å². The Morgan fingerprint density at radius 1 is 1.39 bits per heavy atom. The van der Waals surface area contributed by atoms with Gasteiger partial charge in [-0.15, -0.1) is 0 Å². The molecule has 0 spiro atoms. The largest absolute Gasteiger partial charge is 0.357 e. The van der Waals surface area contributed by atoms with Crippen molar-refractivity contribution in [3.05, 3.63) is 36.0 Å². The smallest absolute Gasteiger partial charge is 0.254 e. The molecular weight excluding hydrogens is 296 g/mol. The fraction of sp³-hybridized carbons (Fsp3) is 0.357. The van der Waals surface area contributed by atoms with Crippen molar-refractivity contribution < 1.29 is 4.79 Å². The minimum atomic E-state index is -0.384. The number of carbonyl (C=O) groups is 1. The van der Waals surface area contributed by atoms with E-state index in [4.69, 9.17) is 0 Å². The van der Waals surface area contributed by atoms with E-state index in [2.05, 4.69) is 30.4 Å². The molecule has 9 nitrogen and oxygen atoms in total. The molecule has 0 fully saturated rings. The van der Waals surface area contributed by atoms with Crippen molar-refractivity contribution in [2.75, 3.05) is 18.5 Å². The van der Waals surface area contributed by atoms with Crippen molar-refractivity contribution in [2.45, 2.75) is 19.5 Å². The predicted molar refractivity (Wildman–Crippen MR) is 81.9 cm³/mol. The van der Waals surface area contributed by atoms with E-state index in [-0.39, 0.29) is 11.9 Å². The van der Waals surface area contributed by atoms with Crippen LogP contribution in [-0.4, -0.2) is 48.9 Å². The van der Waals surface area contributed by atoms with Gasteiger partial charge in [-0.05, 0) is 13.0 Å². The normalized spacial score (nSPS) is 17.3. The van der Waals surface area contributed by atoms with E-state index in [9.17, 15) is 4.79 Å². The minimum absolute atomic E-state index is 0.0692. The summed E-state index contributed by atoms with van der Waals surface area (Å²) in [5, 5.41) is 11.2. The maximum Gasteiger partial charge on any atom is 0.254 e. The Morgan fingerprint density at radius 2 is 2.26 bits per heavy atom. The quantitative estimate of drug-likeness (QED) is 0.712. The molecule has 0 radical (unpaired) electrons. The van der Waals surface area contributed by atoms with Crippen molar-refractivity contribution in [2.24, 2.45) is 0 Å². The fourth-order valence-corrected chi connectivity index (χ4v) is 2.97. The third-order valence-corrected chi connectivity index (χ3v) is 4.03. The molecule has 9 heteroatoms. The molecule has 3 aromatic heterocycles. The van der Waals surface area contributed by atoms with E-state index in [1.807, 2.05) is 19.1 Å². The molecule has 0 aliphatic carbocycles. The molecule has 4 rings (SSSR count). The first-order valence-corrected chi connectivity index (χ1v) is 7.33. The molecule has 23 heavy (non-hydrogen) atoms. The molecule has 1 aliphatic rings. The first-order valence-electron chi connectivity index (χ1n) is 7.33. The van der Waals surface area contributed by atoms with E-state index in [0.717, 1.165) is 17.2 Å². The lowest BCUT2D eigenvalue weighted by Crippen LogP contribution is -2.45. The molecule has 4 heterocycles. The number of nitrogens with one attached hydrogen (secondary N) is 1. The first kappa shape index (κ1) is 13.7. The van der Waals surface area contributed by atoms with Crippen LogP contribution in [0.3, 0.4) is 0 Å². The number of hydrogen-bond acceptors (Lipinski definition) is 6. The van der Waals surface area contributed by atoms with Crippen LogP contribution in [0.2, 0.25) is 0 Å². The van der Waals surface area contributed by atoms with Crippen LogP contribution in [0.4, 0.5) is 5.82 Å². The Morgan fingerprint density at radius 3 is 3.09 bits per heavy atom. The number of likely N-dealkylation sites (N-methyl/N-ethyl adjacent to an activating group) is 1. The van der Waals surface area contributed by atoms with Crippen LogP contribution in [0.1, 0.15) is 17.4 Å². The standard InChI is InChI=1S/C14H16N8O/c1-9-5-12(22-14(19-9)16-8-18-22)20-6-10-3-4-17-21(10)11(7-20)13(23)15-2/h3-5,8,11H,6-7H2,1-2H3,(H,15,23). The topological polar surface area (TPSA) is 93.2 Å². The highest BCUT2D eigenvalue weighted by Gasteiger charge is 2.31. The van der Waals surface area contributed by atoms with Gasteiger partial charge in [-0.1, -0.05) is 0 Å². The molecule has 0 saturated carbocycles. The minimum Gasteiger partial charge on any atom is -0.357 e. The van der Waals surface area contributed by atoms with Crippen LogP contribution in [0.5, 0.6) is 0 Å². The SMILES string of the molecule is CNC(=O)C1CN(c2cc(C)nc3ncnn23)Cc2ccnn21. The summed E-state index contributed by atoms with van der Waals surface area (Å²) in [6, 6.07) is 3.49. The molecule has 1 unspecified atom stereocenters. The molecule has 1 amide bonds. The van der Waals surface area contributed by atoms with E-state index in [1.165, 1.54) is 6.33 Å². The highest BCUT2D eigenvalue weighted by molar-refractivity contribution is 5.81. The van der Waals surface area contributed by atoms with E-state index in [0.29, 0.717) is 18.9 Å². The maximum absolute atomic E-state index is 12.2. The van der Waals surface area contributed by atoms with Gasteiger partial charge in [0.1, 0.15) is 18.2 Å². The van der Waals surface area contributed by atoms with Crippen molar-refractivity contribution in [1.82, 2.24) is 34.7 Å². The van der Waals surface area contributed by atoms with Gasteiger partial charge < -0.3 is 10.2 Å². The molecular formula is C14H16N8O. The van der Waals surface area contributed by atoms with Crippen molar-refractivity contribution in [3.8, 4) is 0 Å². The molecule has 0 aromatic carbocycles. The summed E-state index contributed by atoms with van der Waals surface area (Å²) in [4.78, 5) is 22.9. The average Bonchev–Trinajstić information content (AvgIpc) is 3.20. The number of rotatable bonds is 2. The zero-order valence-electron chi connectivity index (χ0n) is 12.8. The molecule has 1 aliphatic heterocycles. The van der Waals surface area contributed by atoms with Gasteiger partial charge in [-0.3, -0.25) is 9.48 Å². The average molecular weight is 312 g/mol. The Labute approximate surface area is 131 Å². The van der Waals surface area contributed by atoms with Crippen molar-refractivity contribution in [3.63, 3.8) is 0 Å². The highest BCUT2D eigenvalue weighted by atomic mass is 16.2. The Bertz CT molecular complexity index is 882. The fourth-order valence-electron chi connectivity index (χ4n) is 2.97. The number of hydrogen-bond donors (Lipinski definition) is 1. The Balaban J connectivity index is 1.81.